The number of hydrogen-bond donors (Lipinski definition) is 1. The van der Waals surface area contributed by atoms with Gasteiger partial charge in [-0.1, -0.05) is 24.3 Å². The minimum Gasteiger partial charge on any atom is -0.497 e. The smallest absolute Gasteiger partial charge is 0.396 e. The van der Waals surface area contributed by atoms with Crippen LogP contribution in [0.25, 0.3) is 0 Å². The summed E-state index contributed by atoms with van der Waals surface area (Å²) in [5, 5.41) is 2.71. The predicted molar refractivity (Wildman–Crippen MR) is 92.6 cm³/mol. The Morgan fingerprint density at radius 1 is 0.880 bits per heavy atom. The highest BCUT2D eigenvalue weighted by molar-refractivity contribution is 6.32. The first-order valence-corrected chi connectivity index (χ1v) is 7.84. The van der Waals surface area contributed by atoms with E-state index in [0.717, 1.165) is 11.1 Å². The summed E-state index contributed by atoms with van der Waals surface area (Å²) >= 11 is 0. The van der Waals surface area contributed by atoms with E-state index in [1.54, 1.807) is 45.4 Å². The molecule has 6 heteroatoms. The molecule has 0 aliphatic carbocycles. The van der Waals surface area contributed by atoms with Crippen molar-refractivity contribution in [2.45, 2.75) is 13.0 Å². The Balaban J connectivity index is 2.32. The van der Waals surface area contributed by atoms with Gasteiger partial charge < -0.3 is 19.5 Å². The van der Waals surface area contributed by atoms with Gasteiger partial charge >= 0.3 is 11.9 Å². The van der Waals surface area contributed by atoms with Crippen molar-refractivity contribution in [1.29, 1.82) is 0 Å². The van der Waals surface area contributed by atoms with Crippen LogP contribution in [0, 0.1) is 0 Å². The highest BCUT2D eigenvalue weighted by atomic mass is 16.5. The largest absolute Gasteiger partial charge is 0.497 e. The van der Waals surface area contributed by atoms with Crippen molar-refractivity contribution in [2.24, 2.45) is 0 Å². The normalized spacial score (nSPS) is 10.2. The lowest BCUT2D eigenvalue weighted by Crippen LogP contribution is -2.36. The third-order valence-electron chi connectivity index (χ3n) is 3.63. The summed E-state index contributed by atoms with van der Waals surface area (Å²) in [6, 6.07) is 14.0. The molecule has 0 bridgehead atoms. The number of hydrogen-bond acceptors (Lipinski definition) is 5. The van der Waals surface area contributed by atoms with Crippen LogP contribution >= 0.6 is 0 Å². The number of esters is 1. The molecular formula is C19H21NO5. The third-order valence-corrected chi connectivity index (χ3v) is 3.63. The number of rotatable bonds is 6. The molecule has 0 aromatic heterocycles. The van der Waals surface area contributed by atoms with Crippen molar-refractivity contribution in [3.8, 4) is 11.5 Å². The van der Waals surface area contributed by atoms with Gasteiger partial charge in [0.1, 0.15) is 11.5 Å². The van der Waals surface area contributed by atoms with E-state index in [1.165, 1.54) is 0 Å². The van der Waals surface area contributed by atoms with Crippen LogP contribution in [0.15, 0.2) is 48.5 Å². The van der Waals surface area contributed by atoms with Crippen LogP contribution in [0.4, 0.5) is 0 Å². The number of methoxy groups -OCH3 is 2. The Morgan fingerprint density at radius 3 is 1.68 bits per heavy atom. The Hall–Kier alpha value is -3.02. The standard InChI is InChI=1S/C19H21NO5/c1-4-25-19(22)18(21)20-17(13-5-9-15(23-2)10-6-13)14-7-11-16(24-3)12-8-14/h5-12,17H,4H2,1-3H3,(H,20,21). The number of carbonyl (C=O) groups excluding carboxylic acids is 2. The molecule has 0 fully saturated rings. The van der Waals surface area contributed by atoms with E-state index in [9.17, 15) is 9.59 Å². The van der Waals surface area contributed by atoms with Gasteiger partial charge in [-0.3, -0.25) is 4.79 Å². The van der Waals surface area contributed by atoms with Crippen molar-refractivity contribution < 1.29 is 23.8 Å². The Morgan fingerprint density at radius 2 is 1.32 bits per heavy atom. The lowest BCUT2D eigenvalue weighted by atomic mass is 9.98. The van der Waals surface area contributed by atoms with Gasteiger partial charge in [-0.05, 0) is 42.3 Å². The Kier molecular flexibility index (Phi) is 6.39. The molecular weight excluding hydrogens is 322 g/mol. The molecule has 0 aliphatic rings. The van der Waals surface area contributed by atoms with E-state index in [0.29, 0.717) is 11.5 Å². The quantitative estimate of drug-likeness (QED) is 0.644. The lowest BCUT2D eigenvalue weighted by Gasteiger charge is -2.20. The summed E-state index contributed by atoms with van der Waals surface area (Å²) < 4.78 is 15.1. The summed E-state index contributed by atoms with van der Waals surface area (Å²) in [4.78, 5) is 23.8. The summed E-state index contributed by atoms with van der Waals surface area (Å²) in [5.74, 6) is -0.295. The van der Waals surface area contributed by atoms with Crippen molar-refractivity contribution in [2.75, 3.05) is 20.8 Å². The molecule has 0 saturated carbocycles. The van der Waals surface area contributed by atoms with Gasteiger partial charge in [-0.15, -0.1) is 0 Å². The molecule has 2 aromatic rings. The Bertz CT molecular complexity index is 662. The number of ether oxygens (including phenoxy) is 3. The molecule has 2 aromatic carbocycles. The average Bonchev–Trinajstić information content (AvgIpc) is 2.66. The van der Waals surface area contributed by atoms with Crippen LogP contribution in [-0.4, -0.2) is 32.7 Å². The first-order valence-electron chi connectivity index (χ1n) is 7.84. The number of carbonyl (C=O) groups is 2. The molecule has 0 spiro atoms. The van der Waals surface area contributed by atoms with E-state index in [4.69, 9.17) is 14.2 Å². The fourth-order valence-corrected chi connectivity index (χ4v) is 2.34. The lowest BCUT2D eigenvalue weighted by molar-refractivity contribution is -0.154. The van der Waals surface area contributed by atoms with Gasteiger partial charge in [0, 0.05) is 0 Å². The first-order chi connectivity index (χ1) is 12.1. The molecule has 1 N–H and O–H groups in total. The van der Waals surface area contributed by atoms with Crippen LogP contribution in [0.5, 0.6) is 11.5 Å². The van der Waals surface area contributed by atoms with E-state index in [-0.39, 0.29) is 6.61 Å². The van der Waals surface area contributed by atoms with Gasteiger partial charge in [0.15, 0.2) is 0 Å². The fraction of sp³-hybridized carbons (Fsp3) is 0.263. The summed E-state index contributed by atoms with van der Waals surface area (Å²) in [5.41, 5.74) is 1.62. The monoisotopic (exact) mass is 343 g/mol. The fourth-order valence-electron chi connectivity index (χ4n) is 2.34. The zero-order chi connectivity index (χ0) is 18.2. The van der Waals surface area contributed by atoms with Gasteiger partial charge in [0.25, 0.3) is 0 Å². The van der Waals surface area contributed by atoms with Crippen LogP contribution < -0.4 is 14.8 Å². The molecule has 0 unspecified atom stereocenters. The van der Waals surface area contributed by atoms with Crippen LogP contribution in [0.3, 0.4) is 0 Å². The number of nitrogens with one attached hydrogen (secondary N) is 1. The Labute approximate surface area is 146 Å². The summed E-state index contributed by atoms with van der Waals surface area (Å²) in [6.07, 6.45) is 0. The molecule has 2 rings (SSSR count). The van der Waals surface area contributed by atoms with Crippen molar-refractivity contribution in [1.82, 2.24) is 5.32 Å². The second-order valence-corrected chi connectivity index (χ2v) is 5.17. The SMILES string of the molecule is CCOC(=O)C(=O)NC(c1ccc(OC)cc1)c1ccc(OC)cc1. The van der Waals surface area contributed by atoms with E-state index in [2.05, 4.69) is 5.32 Å². The van der Waals surface area contributed by atoms with Gasteiger partial charge in [-0.2, -0.15) is 0 Å². The molecule has 0 saturated heterocycles. The minimum atomic E-state index is -0.908. The summed E-state index contributed by atoms with van der Waals surface area (Å²) in [6.45, 7) is 1.79. The molecule has 6 nitrogen and oxygen atoms in total. The predicted octanol–water partition coefficient (Wildman–Crippen LogP) is 2.47. The first kappa shape index (κ1) is 18.3. The molecule has 0 aliphatic heterocycles. The third kappa shape index (κ3) is 4.73. The van der Waals surface area contributed by atoms with E-state index < -0.39 is 17.9 Å². The minimum absolute atomic E-state index is 0.141. The van der Waals surface area contributed by atoms with Gasteiger partial charge in [0.05, 0.1) is 26.9 Å². The van der Waals surface area contributed by atoms with Crippen LogP contribution in [0.2, 0.25) is 0 Å². The zero-order valence-electron chi connectivity index (χ0n) is 14.4. The average molecular weight is 343 g/mol. The maximum absolute atomic E-state index is 12.1. The van der Waals surface area contributed by atoms with Crippen molar-refractivity contribution in [3.63, 3.8) is 0 Å². The second-order valence-electron chi connectivity index (χ2n) is 5.17. The molecule has 0 atom stereocenters. The van der Waals surface area contributed by atoms with Crippen LogP contribution in [0.1, 0.15) is 24.1 Å². The zero-order valence-corrected chi connectivity index (χ0v) is 14.4. The molecule has 0 radical (unpaired) electrons. The molecule has 1 amide bonds. The number of benzene rings is 2. The van der Waals surface area contributed by atoms with Crippen molar-refractivity contribution >= 4 is 11.9 Å². The molecule has 132 valence electrons. The van der Waals surface area contributed by atoms with Gasteiger partial charge in [-0.25, -0.2) is 4.79 Å². The molecule has 0 heterocycles. The van der Waals surface area contributed by atoms with Crippen molar-refractivity contribution in [3.05, 3.63) is 59.7 Å². The number of amides is 1. The maximum atomic E-state index is 12.1. The van der Waals surface area contributed by atoms with Crippen LogP contribution in [-0.2, 0) is 14.3 Å². The molecule has 25 heavy (non-hydrogen) atoms. The maximum Gasteiger partial charge on any atom is 0.396 e. The highest BCUT2D eigenvalue weighted by Crippen LogP contribution is 2.26. The highest BCUT2D eigenvalue weighted by Gasteiger charge is 2.22. The topological polar surface area (TPSA) is 73.9 Å². The van der Waals surface area contributed by atoms with E-state index >= 15 is 0 Å². The summed E-state index contributed by atoms with van der Waals surface area (Å²) in [7, 11) is 3.16. The van der Waals surface area contributed by atoms with Gasteiger partial charge in [0.2, 0.25) is 0 Å². The van der Waals surface area contributed by atoms with E-state index in [1.807, 2.05) is 24.3 Å². The second kappa shape index (κ2) is 8.73.